The number of nitrogens with zero attached hydrogens (tertiary/aromatic N) is 3. The zero-order valence-corrected chi connectivity index (χ0v) is 11.1. The first-order valence-electron chi connectivity index (χ1n) is 6.13. The molecule has 0 unspecified atom stereocenters. The van der Waals surface area contributed by atoms with Crippen LogP contribution in [-0.2, 0) is 13.1 Å². The second-order valence-electron chi connectivity index (χ2n) is 4.26. The zero-order chi connectivity index (χ0) is 15.0. The van der Waals surface area contributed by atoms with Crippen LogP contribution in [0.4, 0.5) is 11.4 Å². The van der Waals surface area contributed by atoms with Crippen molar-refractivity contribution in [2.24, 2.45) is 0 Å². The molecule has 0 aliphatic rings. The van der Waals surface area contributed by atoms with E-state index in [1.54, 1.807) is 13.8 Å². The summed E-state index contributed by atoms with van der Waals surface area (Å²) >= 11 is 0. The van der Waals surface area contributed by atoms with Gasteiger partial charge in [-0.15, -0.1) is 0 Å². The summed E-state index contributed by atoms with van der Waals surface area (Å²) in [5.41, 5.74) is 4.54. The number of hydrogen-bond donors (Lipinski definition) is 1. The third-order valence-corrected chi connectivity index (χ3v) is 3.20. The molecule has 20 heavy (non-hydrogen) atoms. The first kappa shape index (κ1) is 13.8. The summed E-state index contributed by atoms with van der Waals surface area (Å²) in [4.78, 5) is 34.6. The van der Waals surface area contributed by atoms with Gasteiger partial charge in [0.25, 0.3) is 11.2 Å². The molecule has 0 saturated carbocycles. The summed E-state index contributed by atoms with van der Waals surface area (Å²) in [6.07, 6.45) is 0. The Morgan fingerprint density at radius 1 is 1.20 bits per heavy atom. The lowest BCUT2D eigenvalue weighted by Gasteiger charge is -2.11. The Bertz CT molecular complexity index is 819. The van der Waals surface area contributed by atoms with Gasteiger partial charge in [-0.3, -0.25) is 24.0 Å². The third kappa shape index (κ3) is 1.85. The molecule has 106 valence electrons. The molecule has 2 rings (SSSR count). The van der Waals surface area contributed by atoms with E-state index in [1.807, 2.05) is 0 Å². The Morgan fingerprint density at radius 3 is 2.30 bits per heavy atom. The van der Waals surface area contributed by atoms with Gasteiger partial charge in [0.1, 0.15) is 5.69 Å². The van der Waals surface area contributed by atoms with Gasteiger partial charge in [-0.1, -0.05) is 0 Å². The average Bonchev–Trinajstić information content (AvgIpc) is 2.39. The second-order valence-corrected chi connectivity index (χ2v) is 4.26. The molecule has 0 aliphatic heterocycles. The second kappa shape index (κ2) is 4.80. The fourth-order valence-electron chi connectivity index (χ4n) is 2.21. The van der Waals surface area contributed by atoms with Crippen LogP contribution in [0.3, 0.4) is 0 Å². The quantitative estimate of drug-likeness (QED) is 0.504. The van der Waals surface area contributed by atoms with Crippen LogP contribution < -0.4 is 17.0 Å². The van der Waals surface area contributed by atoms with E-state index < -0.39 is 16.2 Å². The van der Waals surface area contributed by atoms with Gasteiger partial charge in [-0.2, -0.15) is 0 Å². The minimum atomic E-state index is -0.647. The SMILES string of the molecule is CCn1c(=O)c2cc([N+](=O)[O-])c(N)cc2n(CC)c1=O. The largest absolute Gasteiger partial charge is 0.393 e. The number of nitro benzene ring substituents is 1. The molecule has 0 saturated heterocycles. The van der Waals surface area contributed by atoms with Crippen LogP contribution in [0.25, 0.3) is 10.9 Å². The minimum Gasteiger partial charge on any atom is -0.393 e. The number of rotatable bonds is 3. The molecule has 8 heteroatoms. The molecule has 0 bridgehead atoms. The van der Waals surface area contributed by atoms with E-state index in [9.17, 15) is 19.7 Å². The molecule has 0 aliphatic carbocycles. The van der Waals surface area contributed by atoms with Crippen LogP contribution in [0, 0.1) is 10.1 Å². The van der Waals surface area contributed by atoms with Crippen molar-refractivity contribution in [1.82, 2.24) is 9.13 Å². The number of fused-ring (bicyclic) bond motifs is 1. The highest BCUT2D eigenvalue weighted by molar-refractivity contribution is 5.86. The van der Waals surface area contributed by atoms with Crippen molar-refractivity contribution in [3.05, 3.63) is 43.1 Å². The fourth-order valence-corrected chi connectivity index (χ4v) is 2.21. The number of nitrogen functional groups attached to an aromatic ring is 1. The van der Waals surface area contributed by atoms with Crippen LogP contribution >= 0.6 is 0 Å². The molecule has 1 aromatic heterocycles. The highest BCUT2D eigenvalue weighted by atomic mass is 16.6. The lowest BCUT2D eigenvalue weighted by Crippen LogP contribution is -2.39. The summed E-state index contributed by atoms with van der Waals surface area (Å²) < 4.78 is 2.42. The number of hydrogen-bond acceptors (Lipinski definition) is 5. The number of nitro groups is 1. The van der Waals surface area contributed by atoms with Crippen LogP contribution in [0.5, 0.6) is 0 Å². The molecule has 0 fully saturated rings. The van der Waals surface area contributed by atoms with E-state index >= 15 is 0 Å². The van der Waals surface area contributed by atoms with Gasteiger partial charge in [0.2, 0.25) is 0 Å². The van der Waals surface area contributed by atoms with Crippen molar-refractivity contribution in [2.45, 2.75) is 26.9 Å². The maximum absolute atomic E-state index is 12.2. The molecule has 0 amide bonds. The van der Waals surface area contributed by atoms with Crippen LogP contribution in [0.2, 0.25) is 0 Å². The molecule has 8 nitrogen and oxygen atoms in total. The maximum atomic E-state index is 12.2. The van der Waals surface area contributed by atoms with E-state index in [4.69, 9.17) is 5.73 Å². The fraction of sp³-hybridized carbons (Fsp3) is 0.333. The summed E-state index contributed by atoms with van der Waals surface area (Å²) in [6.45, 7) is 3.96. The number of anilines is 1. The Kier molecular flexibility index (Phi) is 3.31. The highest BCUT2D eigenvalue weighted by Crippen LogP contribution is 2.25. The number of nitrogens with two attached hydrogens (primary N) is 1. The Morgan fingerprint density at radius 2 is 1.80 bits per heavy atom. The van der Waals surface area contributed by atoms with Crippen molar-refractivity contribution < 1.29 is 4.92 Å². The Hall–Kier alpha value is -2.64. The van der Waals surface area contributed by atoms with Gasteiger partial charge in [0.15, 0.2) is 0 Å². The monoisotopic (exact) mass is 278 g/mol. The van der Waals surface area contributed by atoms with Gasteiger partial charge >= 0.3 is 5.69 Å². The number of benzene rings is 1. The van der Waals surface area contributed by atoms with Crippen LogP contribution in [0.1, 0.15) is 13.8 Å². The number of aryl methyl sites for hydroxylation is 1. The molecular formula is C12H14N4O4. The Labute approximate surface area is 113 Å². The van der Waals surface area contributed by atoms with Crippen LogP contribution in [-0.4, -0.2) is 14.1 Å². The standard InChI is InChI=1S/C12H14N4O4/c1-3-14-9-6-8(13)10(16(19)20)5-7(9)11(17)15(4-2)12(14)18/h5-6H,3-4,13H2,1-2H3. The average molecular weight is 278 g/mol. The molecule has 2 aromatic rings. The summed E-state index contributed by atoms with van der Waals surface area (Å²) in [7, 11) is 0. The van der Waals surface area contributed by atoms with Gasteiger partial charge in [-0.05, 0) is 19.9 Å². The molecule has 0 radical (unpaired) electrons. The smallest absolute Gasteiger partial charge is 0.331 e. The first-order chi connectivity index (χ1) is 9.42. The summed E-state index contributed by atoms with van der Waals surface area (Å²) in [5, 5.41) is 11.0. The van der Waals surface area contributed by atoms with Gasteiger partial charge in [0, 0.05) is 19.2 Å². The molecule has 0 spiro atoms. The summed E-state index contributed by atoms with van der Waals surface area (Å²) in [5.74, 6) is 0. The van der Waals surface area contributed by atoms with Crippen molar-refractivity contribution in [3.63, 3.8) is 0 Å². The predicted molar refractivity (Wildman–Crippen MR) is 74.9 cm³/mol. The van der Waals surface area contributed by atoms with Crippen molar-refractivity contribution >= 4 is 22.3 Å². The van der Waals surface area contributed by atoms with Crippen LogP contribution in [0.15, 0.2) is 21.7 Å². The lowest BCUT2D eigenvalue weighted by atomic mass is 10.2. The van der Waals surface area contributed by atoms with Crippen molar-refractivity contribution in [1.29, 1.82) is 0 Å². The topological polar surface area (TPSA) is 113 Å². The van der Waals surface area contributed by atoms with Crippen molar-refractivity contribution in [2.75, 3.05) is 5.73 Å². The molecule has 0 atom stereocenters. The summed E-state index contributed by atoms with van der Waals surface area (Å²) in [6, 6.07) is 2.44. The normalized spacial score (nSPS) is 10.9. The van der Waals surface area contributed by atoms with Crippen molar-refractivity contribution in [3.8, 4) is 0 Å². The van der Waals surface area contributed by atoms with E-state index in [2.05, 4.69) is 0 Å². The molecule has 1 heterocycles. The highest BCUT2D eigenvalue weighted by Gasteiger charge is 2.18. The first-order valence-corrected chi connectivity index (χ1v) is 6.13. The van der Waals surface area contributed by atoms with E-state index in [0.717, 1.165) is 10.6 Å². The Balaban J connectivity index is 3.07. The molecular weight excluding hydrogens is 264 g/mol. The van der Waals surface area contributed by atoms with Gasteiger partial charge in [0.05, 0.1) is 15.8 Å². The third-order valence-electron chi connectivity index (χ3n) is 3.20. The van der Waals surface area contributed by atoms with E-state index in [0.29, 0.717) is 12.1 Å². The lowest BCUT2D eigenvalue weighted by molar-refractivity contribution is -0.383. The minimum absolute atomic E-state index is 0.0715. The maximum Gasteiger partial charge on any atom is 0.331 e. The predicted octanol–water partition coefficient (Wildman–Crippen LogP) is 0.693. The van der Waals surface area contributed by atoms with Gasteiger partial charge in [-0.25, -0.2) is 4.79 Å². The number of aromatic nitrogens is 2. The molecule has 2 N–H and O–H groups in total. The van der Waals surface area contributed by atoms with E-state index in [1.165, 1.54) is 10.6 Å². The van der Waals surface area contributed by atoms with E-state index in [-0.39, 0.29) is 23.3 Å². The zero-order valence-electron chi connectivity index (χ0n) is 11.1. The van der Waals surface area contributed by atoms with Gasteiger partial charge < -0.3 is 5.73 Å². The molecule has 1 aromatic carbocycles.